The van der Waals surface area contributed by atoms with Crippen molar-refractivity contribution in [2.45, 2.75) is 25.4 Å². The maximum absolute atomic E-state index is 12.2. The molecule has 0 saturated heterocycles. The van der Waals surface area contributed by atoms with Crippen LogP contribution in [0.4, 0.5) is 5.69 Å². The minimum atomic E-state index is -1.10. The fourth-order valence-electron chi connectivity index (χ4n) is 2.32. The monoisotopic (exact) mass is 344 g/mol. The largest absolute Gasteiger partial charge is 0.383 e. The number of amides is 2. The third-order valence-electron chi connectivity index (χ3n) is 4.01. The highest BCUT2D eigenvalue weighted by Gasteiger charge is 2.29. The molecule has 0 spiro atoms. The van der Waals surface area contributed by atoms with Gasteiger partial charge < -0.3 is 15.7 Å². The Morgan fingerprint density at radius 1 is 1.25 bits per heavy atom. The lowest BCUT2D eigenvalue weighted by molar-refractivity contribution is -0.117. The summed E-state index contributed by atoms with van der Waals surface area (Å²) in [5.41, 5.74) is 0.0811. The molecule has 126 valence electrons. The molecule has 1 heterocycles. The van der Waals surface area contributed by atoms with Crippen LogP contribution in [0, 0.1) is 5.92 Å². The molecule has 24 heavy (non-hydrogen) atoms. The molecule has 5 nitrogen and oxygen atoms in total. The molecule has 0 radical (unpaired) electrons. The van der Waals surface area contributed by atoms with E-state index in [1.807, 2.05) is 17.5 Å². The first kappa shape index (κ1) is 16.7. The summed E-state index contributed by atoms with van der Waals surface area (Å²) in [6, 6.07) is 10.5. The maximum Gasteiger partial charge on any atom is 0.251 e. The van der Waals surface area contributed by atoms with Crippen molar-refractivity contribution in [2.24, 2.45) is 5.92 Å². The highest BCUT2D eigenvalue weighted by Crippen LogP contribution is 2.30. The number of carbonyl (C=O) groups is 2. The van der Waals surface area contributed by atoms with Crippen molar-refractivity contribution in [2.75, 3.05) is 11.9 Å². The van der Waals surface area contributed by atoms with Crippen LogP contribution in [0.1, 0.15) is 35.0 Å². The second-order valence-corrected chi connectivity index (χ2v) is 7.22. The van der Waals surface area contributed by atoms with Crippen molar-refractivity contribution in [3.8, 4) is 0 Å². The van der Waals surface area contributed by atoms with E-state index in [0.717, 1.165) is 17.7 Å². The first-order chi connectivity index (χ1) is 11.5. The van der Waals surface area contributed by atoms with Crippen LogP contribution < -0.4 is 10.6 Å². The number of benzene rings is 1. The molecule has 6 heteroatoms. The van der Waals surface area contributed by atoms with Gasteiger partial charge in [-0.1, -0.05) is 6.07 Å². The molecule has 2 aromatic rings. The van der Waals surface area contributed by atoms with E-state index in [1.165, 1.54) is 11.3 Å². The van der Waals surface area contributed by atoms with E-state index in [0.29, 0.717) is 11.3 Å². The Bertz CT molecular complexity index is 719. The molecule has 1 unspecified atom stereocenters. The van der Waals surface area contributed by atoms with Crippen LogP contribution in [-0.4, -0.2) is 23.5 Å². The summed E-state index contributed by atoms with van der Waals surface area (Å²) in [7, 11) is 0. The van der Waals surface area contributed by atoms with E-state index in [9.17, 15) is 14.7 Å². The topological polar surface area (TPSA) is 78.4 Å². The summed E-state index contributed by atoms with van der Waals surface area (Å²) < 4.78 is 0. The van der Waals surface area contributed by atoms with Gasteiger partial charge in [-0.25, -0.2) is 0 Å². The molecule has 3 N–H and O–H groups in total. The molecule has 0 bridgehead atoms. The molecular formula is C18H20N2O3S. The summed E-state index contributed by atoms with van der Waals surface area (Å²) >= 11 is 1.45. The summed E-state index contributed by atoms with van der Waals surface area (Å²) in [5, 5.41) is 17.9. The second kappa shape index (κ2) is 6.75. The van der Waals surface area contributed by atoms with Gasteiger partial charge in [0.2, 0.25) is 5.91 Å². The van der Waals surface area contributed by atoms with Gasteiger partial charge in [-0.05, 0) is 55.5 Å². The van der Waals surface area contributed by atoms with E-state index in [-0.39, 0.29) is 24.3 Å². The Kier molecular flexibility index (Phi) is 4.69. The van der Waals surface area contributed by atoms with Crippen molar-refractivity contribution in [3.05, 3.63) is 52.2 Å². The van der Waals surface area contributed by atoms with Crippen LogP contribution in [0.15, 0.2) is 41.8 Å². The van der Waals surface area contributed by atoms with Crippen LogP contribution in [0.3, 0.4) is 0 Å². The zero-order valence-corrected chi connectivity index (χ0v) is 14.2. The van der Waals surface area contributed by atoms with Crippen molar-refractivity contribution >= 4 is 28.8 Å². The molecule has 1 atom stereocenters. The SMILES string of the molecule is CC(O)(CNC(=O)c1ccc(NC(=O)C2CC2)cc1)c1cccs1. The molecular weight excluding hydrogens is 324 g/mol. The lowest BCUT2D eigenvalue weighted by Gasteiger charge is -2.22. The maximum atomic E-state index is 12.2. The normalized spacial score (nSPS) is 16.2. The quantitative estimate of drug-likeness (QED) is 0.754. The number of anilines is 1. The van der Waals surface area contributed by atoms with Crippen LogP contribution in [0.5, 0.6) is 0 Å². The number of hydrogen-bond donors (Lipinski definition) is 3. The van der Waals surface area contributed by atoms with Crippen LogP contribution in [0.25, 0.3) is 0 Å². The fraction of sp³-hybridized carbons (Fsp3) is 0.333. The molecule has 1 fully saturated rings. The van der Waals surface area contributed by atoms with E-state index in [2.05, 4.69) is 10.6 Å². The van der Waals surface area contributed by atoms with E-state index < -0.39 is 5.60 Å². The van der Waals surface area contributed by atoms with Crippen molar-refractivity contribution in [1.29, 1.82) is 0 Å². The third kappa shape index (κ3) is 4.01. The Labute approximate surface area is 144 Å². The van der Waals surface area contributed by atoms with Crippen molar-refractivity contribution in [1.82, 2.24) is 5.32 Å². The second-order valence-electron chi connectivity index (χ2n) is 6.27. The summed E-state index contributed by atoms with van der Waals surface area (Å²) in [4.78, 5) is 24.7. The Morgan fingerprint density at radius 3 is 2.54 bits per heavy atom. The predicted octanol–water partition coefficient (Wildman–Crippen LogP) is 2.73. The van der Waals surface area contributed by atoms with Crippen LogP contribution in [0.2, 0.25) is 0 Å². The average Bonchev–Trinajstić information content (AvgIpc) is 3.27. The highest BCUT2D eigenvalue weighted by molar-refractivity contribution is 7.10. The minimum absolute atomic E-state index is 0.0409. The zero-order valence-electron chi connectivity index (χ0n) is 13.4. The first-order valence-corrected chi connectivity index (χ1v) is 8.79. The van der Waals surface area contributed by atoms with Crippen LogP contribution >= 0.6 is 11.3 Å². The minimum Gasteiger partial charge on any atom is -0.383 e. The number of rotatable bonds is 6. The van der Waals surface area contributed by atoms with Crippen molar-refractivity contribution in [3.63, 3.8) is 0 Å². The standard InChI is InChI=1S/C18H20N2O3S/c1-18(23,15-3-2-10-24-15)11-19-16(21)12-6-8-14(9-7-12)20-17(22)13-4-5-13/h2-3,6-10,13,23H,4-5,11H2,1H3,(H,19,21)(H,20,22). The van der Waals surface area contributed by atoms with Crippen molar-refractivity contribution < 1.29 is 14.7 Å². The molecule has 1 aliphatic carbocycles. The number of aliphatic hydroxyl groups is 1. The summed E-state index contributed by atoms with van der Waals surface area (Å²) in [5.74, 6) is -0.0708. The van der Waals surface area contributed by atoms with E-state index in [1.54, 1.807) is 31.2 Å². The summed E-state index contributed by atoms with van der Waals surface area (Å²) in [6.07, 6.45) is 1.91. The molecule has 1 aromatic carbocycles. The van der Waals surface area contributed by atoms with E-state index in [4.69, 9.17) is 0 Å². The Balaban J connectivity index is 1.55. The zero-order chi connectivity index (χ0) is 17.2. The molecule has 0 aliphatic heterocycles. The first-order valence-electron chi connectivity index (χ1n) is 7.91. The molecule has 1 aromatic heterocycles. The molecule has 1 saturated carbocycles. The van der Waals surface area contributed by atoms with Gasteiger partial charge in [0.05, 0.1) is 6.54 Å². The van der Waals surface area contributed by atoms with E-state index >= 15 is 0 Å². The molecule has 1 aliphatic rings. The van der Waals surface area contributed by atoms with Gasteiger partial charge in [0.25, 0.3) is 5.91 Å². The number of carbonyl (C=O) groups excluding carboxylic acids is 2. The lowest BCUT2D eigenvalue weighted by Crippen LogP contribution is -2.38. The summed E-state index contributed by atoms with van der Waals surface area (Å²) in [6.45, 7) is 1.81. The fourth-order valence-corrected chi connectivity index (χ4v) is 3.11. The Morgan fingerprint density at radius 2 is 1.96 bits per heavy atom. The number of hydrogen-bond acceptors (Lipinski definition) is 4. The van der Waals surface area contributed by atoms with Gasteiger partial charge in [-0.2, -0.15) is 0 Å². The number of nitrogens with one attached hydrogen (secondary N) is 2. The third-order valence-corrected chi connectivity index (χ3v) is 5.13. The van der Waals surface area contributed by atoms with Gasteiger partial charge in [0.1, 0.15) is 5.60 Å². The van der Waals surface area contributed by atoms with Gasteiger partial charge >= 0.3 is 0 Å². The van der Waals surface area contributed by atoms with Crippen LogP contribution in [-0.2, 0) is 10.4 Å². The molecule has 3 rings (SSSR count). The van der Waals surface area contributed by atoms with Gasteiger partial charge in [-0.3, -0.25) is 9.59 Å². The lowest BCUT2D eigenvalue weighted by atomic mass is 10.0. The highest BCUT2D eigenvalue weighted by atomic mass is 32.1. The van der Waals surface area contributed by atoms with Gasteiger partial charge in [0, 0.05) is 22.0 Å². The molecule has 2 amide bonds. The number of thiophene rings is 1. The smallest absolute Gasteiger partial charge is 0.251 e. The Hall–Kier alpha value is -2.18. The average molecular weight is 344 g/mol. The van der Waals surface area contributed by atoms with Gasteiger partial charge in [0.15, 0.2) is 0 Å². The predicted molar refractivity (Wildman–Crippen MR) is 94.0 cm³/mol. The van der Waals surface area contributed by atoms with Gasteiger partial charge in [-0.15, -0.1) is 11.3 Å².